The lowest BCUT2D eigenvalue weighted by atomic mass is 10.3. The van der Waals surface area contributed by atoms with Gasteiger partial charge in [0, 0.05) is 13.7 Å². The fourth-order valence-corrected chi connectivity index (χ4v) is 1.26. The number of hydrogen-bond acceptors (Lipinski definition) is 3. The molecule has 1 unspecified atom stereocenters. The minimum atomic E-state index is -0.212. The Morgan fingerprint density at radius 1 is 1.79 bits per heavy atom. The van der Waals surface area contributed by atoms with Crippen LogP contribution in [0.2, 0.25) is 0 Å². The predicted octanol–water partition coefficient (Wildman–Crippen LogP) is -0.647. The molecule has 80 valence electrons. The van der Waals surface area contributed by atoms with E-state index < -0.39 is 0 Å². The van der Waals surface area contributed by atoms with E-state index in [1.165, 1.54) is 4.90 Å². The topological polar surface area (TPSA) is 91.4 Å². The van der Waals surface area contributed by atoms with Crippen LogP contribution in [0.4, 0.5) is 4.79 Å². The van der Waals surface area contributed by atoms with E-state index in [2.05, 4.69) is 5.32 Å². The Kier molecular flexibility index (Phi) is 3.70. The summed E-state index contributed by atoms with van der Waals surface area (Å²) < 4.78 is 5.12. The normalized spacial score (nSPS) is 20.5. The number of likely N-dealkylation sites (N-methyl/N-ethyl adjacent to an activating group) is 1. The van der Waals surface area contributed by atoms with Gasteiger partial charge in [-0.25, -0.2) is 4.79 Å². The van der Waals surface area contributed by atoms with Gasteiger partial charge in [-0.05, 0) is 6.42 Å². The van der Waals surface area contributed by atoms with Crippen LogP contribution in [-0.4, -0.2) is 49.6 Å². The molecule has 0 bridgehead atoms. The minimum Gasteiger partial charge on any atom is -0.386 e. The van der Waals surface area contributed by atoms with Gasteiger partial charge < -0.3 is 20.7 Å². The summed E-state index contributed by atoms with van der Waals surface area (Å²) >= 11 is 0. The second kappa shape index (κ2) is 4.80. The van der Waals surface area contributed by atoms with Gasteiger partial charge in [0.1, 0.15) is 5.84 Å². The number of amidine groups is 1. The molecule has 0 aromatic heterocycles. The molecule has 6 nitrogen and oxygen atoms in total. The number of nitrogens with zero attached hydrogens (tertiary/aromatic N) is 1. The number of urea groups is 1. The lowest BCUT2D eigenvalue weighted by Gasteiger charge is -2.19. The van der Waals surface area contributed by atoms with Gasteiger partial charge in [0.2, 0.25) is 0 Å². The number of hydrogen-bond donors (Lipinski definition) is 3. The number of amides is 2. The Hall–Kier alpha value is -1.30. The van der Waals surface area contributed by atoms with Gasteiger partial charge in [0.25, 0.3) is 0 Å². The average Bonchev–Trinajstić information content (AvgIpc) is 2.55. The van der Waals surface area contributed by atoms with E-state index in [0.717, 1.165) is 6.42 Å². The molecule has 1 aliphatic heterocycles. The number of carbonyl (C=O) groups is 1. The van der Waals surface area contributed by atoms with E-state index in [-0.39, 0.29) is 24.5 Å². The smallest absolute Gasteiger partial charge is 0.317 e. The maximum absolute atomic E-state index is 11.4. The van der Waals surface area contributed by atoms with Crippen molar-refractivity contribution in [3.05, 3.63) is 0 Å². The maximum Gasteiger partial charge on any atom is 0.317 e. The molecule has 1 saturated heterocycles. The Bertz CT molecular complexity index is 225. The molecule has 6 heteroatoms. The van der Waals surface area contributed by atoms with Crippen LogP contribution in [-0.2, 0) is 4.74 Å². The summed E-state index contributed by atoms with van der Waals surface area (Å²) in [7, 11) is 1.60. The second-order valence-electron chi connectivity index (χ2n) is 3.39. The summed E-state index contributed by atoms with van der Waals surface area (Å²) in [4.78, 5) is 12.8. The summed E-state index contributed by atoms with van der Waals surface area (Å²) in [6.45, 7) is 1.42. The highest BCUT2D eigenvalue weighted by molar-refractivity contribution is 5.84. The van der Waals surface area contributed by atoms with Crippen LogP contribution in [0.5, 0.6) is 0 Å². The first-order valence-electron chi connectivity index (χ1n) is 4.52. The molecular weight excluding hydrogens is 184 g/mol. The molecule has 0 aromatic carbocycles. The van der Waals surface area contributed by atoms with Crippen LogP contribution in [0.15, 0.2) is 0 Å². The van der Waals surface area contributed by atoms with Crippen molar-refractivity contribution in [1.29, 1.82) is 5.41 Å². The van der Waals surface area contributed by atoms with E-state index in [1.54, 1.807) is 7.05 Å². The summed E-state index contributed by atoms with van der Waals surface area (Å²) in [5, 5.41) is 9.83. The van der Waals surface area contributed by atoms with Crippen LogP contribution in [0.25, 0.3) is 0 Å². The highest BCUT2D eigenvalue weighted by atomic mass is 16.5. The number of nitrogens with two attached hydrogens (primary N) is 1. The summed E-state index contributed by atoms with van der Waals surface area (Å²) in [6.07, 6.45) is 0.847. The van der Waals surface area contributed by atoms with E-state index in [0.29, 0.717) is 13.2 Å². The number of carbonyl (C=O) groups excluding carboxylic acids is 1. The first-order chi connectivity index (χ1) is 6.59. The van der Waals surface area contributed by atoms with Crippen molar-refractivity contribution in [2.75, 3.05) is 26.8 Å². The molecule has 1 aliphatic rings. The fraction of sp³-hybridized carbons (Fsp3) is 0.750. The fourth-order valence-electron chi connectivity index (χ4n) is 1.26. The molecule has 0 aromatic rings. The van der Waals surface area contributed by atoms with Gasteiger partial charge in [-0.1, -0.05) is 0 Å². The lowest BCUT2D eigenvalue weighted by molar-refractivity contribution is 0.183. The standard InChI is InChI=1S/C8H16N4O2/c1-12(4-7(9)10)8(13)11-6-2-3-14-5-6/h6H,2-5H2,1H3,(H3,9,10)(H,11,13). The Morgan fingerprint density at radius 3 is 3.00 bits per heavy atom. The number of rotatable bonds is 3. The predicted molar refractivity (Wildman–Crippen MR) is 52.3 cm³/mol. The molecule has 4 N–H and O–H groups in total. The Labute approximate surface area is 82.9 Å². The molecule has 0 radical (unpaired) electrons. The van der Waals surface area contributed by atoms with Gasteiger partial charge in [0.15, 0.2) is 0 Å². The third-order valence-electron chi connectivity index (χ3n) is 2.01. The van der Waals surface area contributed by atoms with Gasteiger partial charge >= 0.3 is 6.03 Å². The number of ether oxygens (including phenoxy) is 1. The van der Waals surface area contributed by atoms with Gasteiger partial charge in [0.05, 0.1) is 19.2 Å². The average molecular weight is 200 g/mol. The van der Waals surface area contributed by atoms with Crippen LogP contribution in [0, 0.1) is 5.41 Å². The number of nitrogens with one attached hydrogen (secondary N) is 2. The Balaban J connectivity index is 2.29. The van der Waals surface area contributed by atoms with Gasteiger partial charge in [-0.15, -0.1) is 0 Å². The SMILES string of the molecule is CN(CC(=N)N)C(=O)NC1CCOC1. The van der Waals surface area contributed by atoms with Crippen molar-refractivity contribution in [1.82, 2.24) is 10.2 Å². The molecule has 1 fully saturated rings. The van der Waals surface area contributed by atoms with Crippen LogP contribution in [0.3, 0.4) is 0 Å². The summed E-state index contributed by atoms with van der Waals surface area (Å²) in [5.41, 5.74) is 5.18. The second-order valence-corrected chi connectivity index (χ2v) is 3.39. The summed E-state index contributed by atoms with van der Waals surface area (Å²) in [5.74, 6) is -0.0229. The van der Waals surface area contributed by atoms with E-state index in [9.17, 15) is 4.79 Å². The first-order valence-corrected chi connectivity index (χ1v) is 4.52. The molecule has 0 aliphatic carbocycles. The van der Waals surface area contributed by atoms with Crippen LogP contribution >= 0.6 is 0 Å². The monoisotopic (exact) mass is 200 g/mol. The minimum absolute atomic E-state index is 0.0229. The molecule has 1 heterocycles. The van der Waals surface area contributed by atoms with Crippen molar-refractivity contribution < 1.29 is 9.53 Å². The van der Waals surface area contributed by atoms with Gasteiger partial charge in [-0.3, -0.25) is 5.41 Å². The quantitative estimate of drug-likeness (QED) is 0.417. The highest BCUT2D eigenvalue weighted by Crippen LogP contribution is 2.03. The van der Waals surface area contributed by atoms with Crippen molar-refractivity contribution >= 4 is 11.9 Å². The van der Waals surface area contributed by atoms with Crippen molar-refractivity contribution in [2.24, 2.45) is 5.73 Å². The third kappa shape index (κ3) is 3.21. The molecule has 0 spiro atoms. The Morgan fingerprint density at radius 2 is 2.50 bits per heavy atom. The van der Waals surface area contributed by atoms with Crippen LogP contribution in [0.1, 0.15) is 6.42 Å². The third-order valence-corrected chi connectivity index (χ3v) is 2.01. The highest BCUT2D eigenvalue weighted by Gasteiger charge is 2.19. The van der Waals surface area contributed by atoms with E-state index in [1.807, 2.05) is 0 Å². The molecule has 2 amide bonds. The van der Waals surface area contributed by atoms with Gasteiger partial charge in [-0.2, -0.15) is 0 Å². The molecule has 0 saturated carbocycles. The zero-order valence-corrected chi connectivity index (χ0v) is 8.25. The molecule has 1 atom stereocenters. The maximum atomic E-state index is 11.4. The van der Waals surface area contributed by atoms with Crippen molar-refractivity contribution in [2.45, 2.75) is 12.5 Å². The molecule has 14 heavy (non-hydrogen) atoms. The zero-order chi connectivity index (χ0) is 10.6. The van der Waals surface area contributed by atoms with Crippen molar-refractivity contribution in [3.63, 3.8) is 0 Å². The van der Waals surface area contributed by atoms with Crippen molar-refractivity contribution in [3.8, 4) is 0 Å². The summed E-state index contributed by atoms with van der Waals surface area (Å²) in [6, 6.07) is -0.118. The van der Waals surface area contributed by atoms with Crippen LogP contribution < -0.4 is 11.1 Å². The zero-order valence-electron chi connectivity index (χ0n) is 8.25. The first kappa shape index (κ1) is 10.8. The van der Waals surface area contributed by atoms with E-state index >= 15 is 0 Å². The lowest BCUT2D eigenvalue weighted by Crippen LogP contribution is -2.45. The molecule has 1 rings (SSSR count). The largest absolute Gasteiger partial charge is 0.386 e. The molecular formula is C8H16N4O2. The van der Waals surface area contributed by atoms with E-state index in [4.69, 9.17) is 15.9 Å².